The minimum atomic E-state index is 0.297. The molecule has 1 atom stereocenters. The predicted octanol–water partition coefficient (Wildman–Crippen LogP) is 4.23. The molecule has 1 unspecified atom stereocenters. The SMILES string of the molecule is C=CCC(C)NC1c2ccccc2Cc2ccccc21. The monoisotopic (exact) mass is 263 g/mol. The molecule has 20 heavy (non-hydrogen) atoms. The molecule has 0 saturated carbocycles. The molecule has 0 aromatic heterocycles. The molecule has 0 bridgehead atoms. The van der Waals surface area contributed by atoms with Gasteiger partial charge in [-0.25, -0.2) is 0 Å². The van der Waals surface area contributed by atoms with Gasteiger partial charge in [-0.15, -0.1) is 6.58 Å². The summed E-state index contributed by atoms with van der Waals surface area (Å²) in [6, 6.07) is 18.3. The maximum Gasteiger partial charge on any atom is 0.0584 e. The van der Waals surface area contributed by atoms with Gasteiger partial charge < -0.3 is 5.32 Å². The van der Waals surface area contributed by atoms with E-state index in [2.05, 4.69) is 67.4 Å². The average Bonchev–Trinajstić information content (AvgIpc) is 2.47. The molecule has 0 spiro atoms. The quantitative estimate of drug-likeness (QED) is 0.814. The van der Waals surface area contributed by atoms with Crippen LogP contribution in [0.15, 0.2) is 61.2 Å². The zero-order valence-corrected chi connectivity index (χ0v) is 12.0. The van der Waals surface area contributed by atoms with E-state index in [1.807, 2.05) is 6.08 Å². The van der Waals surface area contributed by atoms with Crippen LogP contribution < -0.4 is 5.32 Å². The van der Waals surface area contributed by atoms with E-state index in [4.69, 9.17) is 0 Å². The Labute approximate surface area is 121 Å². The van der Waals surface area contributed by atoms with Crippen molar-refractivity contribution in [3.05, 3.63) is 83.4 Å². The van der Waals surface area contributed by atoms with E-state index >= 15 is 0 Å². The smallest absolute Gasteiger partial charge is 0.0584 e. The number of hydrogen-bond acceptors (Lipinski definition) is 1. The van der Waals surface area contributed by atoms with Gasteiger partial charge in [-0.2, -0.15) is 0 Å². The van der Waals surface area contributed by atoms with Crippen molar-refractivity contribution in [3.8, 4) is 0 Å². The molecule has 0 radical (unpaired) electrons. The summed E-state index contributed by atoms with van der Waals surface area (Å²) in [6.45, 7) is 6.07. The van der Waals surface area contributed by atoms with Crippen molar-refractivity contribution in [2.24, 2.45) is 0 Å². The summed E-state index contributed by atoms with van der Waals surface area (Å²) in [7, 11) is 0. The zero-order valence-electron chi connectivity index (χ0n) is 12.0. The molecule has 2 aromatic rings. The molecular formula is C19H21N. The second kappa shape index (κ2) is 5.64. The third-order valence-electron chi connectivity index (χ3n) is 4.08. The van der Waals surface area contributed by atoms with Crippen LogP contribution in [0.4, 0.5) is 0 Å². The normalized spacial score (nSPS) is 15.2. The minimum absolute atomic E-state index is 0.297. The molecule has 1 nitrogen and oxygen atoms in total. The molecule has 1 aliphatic rings. The third-order valence-corrected chi connectivity index (χ3v) is 4.08. The van der Waals surface area contributed by atoms with Crippen LogP contribution in [0.2, 0.25) is 0 Å². The Morgan fingerprint density at radius 3 is 2.20 bits per heavy atom. The van der Waals surface area contributed by atoms with Gasteiger partial charge in [0.2, 0.25) is 0 Å². The first-order chi connectivity index (χ1) is 9.79. The lowest BCUT2D eigenvalue weighted by molar-refractivity contribution is 0.494. The van der Waals surface area contributed by atoms with Crippen molar-refractivity contribution >= 4 is 0 Å². The van der Waals surface area contributed by atoms with E-state index in [1.54, 1.807) is 0 Å². The van der Waals surface area contributed by atoms with Crippen LogP contribution in [0.25, 0.3) is 0 Å². The van der Waals surface area contributed by atoms with Crippen molar-refractivity contribution < 1.29 is 0 Å². The Morgan fingerprint density at radius 1 is 1.10 bits per heavy atom. The number of nitrogens with one attached hydrogen (secondary N) is 1. The predicted molar refractivity (Wildman–Crippen MR) is 84.9 cm³/mol. The van der Waals surface area contributed by atoms with Gasteiger partial charge in [0.25, 0.3) is 0 Å². The molecule has 1 N–H and O–H groups in total. The van der Waals surface area contributed by atoms with Crippen molar-refractivity contribution in [2.75, 3.05) is 0 Å². The lowest BCUT2D eigenvalue weighted by atomic mass is 9.82. The summed E-state index contributed by atoms with van der Waals surface area (Å²) in [5.41, 5.74) is 5.72. The molecular weight excluding hydrogens is 242 g/mol. The van der Waals surface area contributed by atoms with Crippen LogP contribution in [0, 0.1) is 0 Å². The fraction of sp³-hybridized carbons (Fsp3) is 0.263. The second-order valence-electron chi connectivity index (χ2n) is 5.60. The summed E-state index contributed by atoms with van der Waals surface area (Å²) in [4.78, 5) is 0. The van der Waals surface area contributed by atoms with Gasteiger partial charge in [0.1, 0.15) is 0 Å². The van der Waals surface area contributed by atoms with Crippen LogP contribution in [0.1, 0.15) is 41.6 Å². The van der Waals surface area contributed by atoms with Crippen molar-refractivity contribution in [2.45, 2.75) is 31.8 Å². The first kappa shape index (κ1) is 13.1. The van der Waals surface area contributed by atoms with Gasteiger partial charge in [-0.1, -0.05) is 54.6 Å². The maximum absolute atomic E-state index is 3.84. The van der Waals surface area contributed by atoms with Gasteiger partial charge in [-0.05, 0) is 42.0 Å². The van der Waals surface area contributed by atoms with Gasteiger partial charge in [0, 0.05) is 6.04 Å². The third kappa shape index (κ3) is 2.41. The molecule has 3 rings (SSSR count). The largest absolute Gasteiger partial charge is 0.303 e. The van der Waals surface area contributed by atoms with Crippen LogP contribution >= 0.6 is 0 Å². The standard InChI is InChI=1S/C19H21N/c1-3-8-14(2)20-19-17-11-6-4-9-15(17)13-16-10-5-7-12-18(16)19/h3-7,9-12,14,19-20H,1,8,13H2,2H3. The number of fused-ring (bicyclic) bond motifs is 2. The summed E-state index contributed by atoms with van der Waals surface area (Å²) in [5.74, 6) is 0. The van der Waals surface area contributed by atoms with Crippen LogP contribution in [-0.4, -0.2) is 6.04 Å². The fourth-order valence-electron chi connectivity index (χ4n) is 3.11. The molecule has 2 aromatic carbocycles. The molecule has 1 aliphatic carbocycles. The highest BCUT2D eigenvalue weighted by atomic mass is 14.9. The number of rotatable bonds is 4. The van der Waals surface area contributed by atoms with Gasteiger partial charge in [0.15, 0.2) is 0 Å². The first-order valence-electron chi connectivity index (χ1n) is 7.32. The lowest BCUT2D eigenvalue weighted by Gasteiger charge is -2.31. The molecule has 102 valence electrons. The van der Waals surface area contributed by atoms with Crippen molar-refractivity contribution in [3.63, 3.8) is 0 Å². The lowest BCUT2D eigenvalue weighted by Crippen LogP contribution is -2.33. The van der Waals surface area contributed by atoms with Gasteiger partial charge >= 0.3 is 0 Å². The molecule has 0 amide bonds. The van der Waals surface area contributed by atoms with Crippen molar-refractivity contribution in [1.29, 1.82) is 0 Å². The zero-order chi connectivity index (χ0) is 13.9. The van der Waals surface area contributed by atoms with Crippen LogP contribution in [-0.2, 0) is 6.42 Å². The van der Waals surface area contributed by atoms with E-state index in [9.17, 15) is 0 Å². The number of hydrogen-bond donors (Lipinski definition) is 1. The van der Waals surface area contributed by atoms with E-state index in [-0.39, 0.29) is 0 Å². The van der Waals surface area contributed by atoms with E-state index in [0.29, 0.717) is 12.1 Å². The molecule has 0 aliphatic heterocycles. The topological polar surface area (TPSA) is 12.0 Å². The molecule has 0 saturated heterocycles. The van der Waals surface area contributed by atoms with E-state index in [0.717, 1.165) is 12.8 Å². The van der Waals surface area contributed by atoms with E-state index in [1.165, 1.54) is 22.3 Å². The Kier molecular flexibility index (Phi) is 3.70. The van der Waals surface area contributed by atoms with Gasteiger partial charge in [0.05, 0.1) is 6.04 Å². The van der Waals surface area contributed by atoms with Gasteiger partial charge in [-0.3, -0.25) is 0 Å². The Morgan fingerprint density at radius 2 is 1.65 bits per heavy atom. The fourth-order valence-corrected chi connectivity index (χ4v) is 3.11. The molecule has 0 fully saturated rings. The second-order valence-corrected chi connectivity index (χ2v) is 5.60. The Hall–Kier alpha value is -1.86. The molecule has 1 heteroatoms. The summed E-state index contributed by atoms with van der Waals surface area (Å²) < 4.78 is 0. The van der Waals surface area contributed by atoms with Crippen LogP contribution in [0.3, 0.4) is 0 Å². The highest BCUT2D eigenvalue weighted by Crippen LogP contribution is 2.35. The van der Waals surface area contributed by atoms with Crippen molar-refractivity contribution in [1.82, 2.24) is 5.32 Å². The Balaban J connectivity index is 2.01. The highest BCUT2D eigenvalue weighted by Gasteiger charge is 2.25. The maximum atomic E-state index is 3.84. The Bertz CT molecular complexity index is 569. The average molecular weight is 263 g/mol. The highest BCUT2D eigenvalue weighted by molar-refractivity contribution is 5.48. The van der Waals surface area contributed by atoms with E-state index < -0.39 is 0 Å². The summed E-state index contributed by atoms with van der Waals surface area (Å²) in [5, 5.41) is 3.76. The number of benzene rings is 2. The summed E-state index contributed by atoms with van der Waals surface area (Å²) in [6.07, 6.45) is 4.01. The first-order valence-corrected chi connectivity index (χ1v) is 7.32. The minimum Gasteiger partial charge on any atom is -0.303 e. The van der Waals surface area contributed by atoms with Crippen LogP contribution in [0.5, 0.6) is 0 Å². The molecule has 0 heterocycles. The summed E-state index contributed by atoms with van der Waals surface area (Å²) >= 11 is 0.